The van der Waals surface area contributed by atoms with E-state index in [1.54, 1.807) is 0 Å². The van der Waals surface area contributed by atoms with E-state index in [4.69, 9.17) is 23.1 Å². The van der Waals surface area contributed by atoms with Crippen molar-refractivity contribution in [2.45, 2.75) is 39.0 Å². The Kier molecular flexibility index (Phi) is 10.2. The second kappa shape index (κ2) is 10.3. The minimum Gasteiger partial charge on any atom is -0.396 e. The maximum absolute atomic E-state index is 8.63. The molecule has 0 heterocycles. The molecule has 0 aliphatic rings. The standard InChI is InChI=1S/C11H24N2OS/c1-2-13(9-7-11(12)15)8-5-3-4-6-10-14/h14H,2-10H2,1H3,(H2,12,15). The molecule has 0 unspecified atom stereocenters. The van der Waals surface area contributed by atoms with Crippen molar-refractivity contribution in [1.82, 2.24) is 4.90 Å². The van der Waals surface area contributed by atoms with E-state index >= 15 is 0 Å². The van der Waals surface area contributed by atoms with Gasteiger partial charge in [0.15, 0.2) is 0 Å². The molecule has 0 aromatic rings. The lowest BCUT2D eigenvalue weighted by Gasteiger charge is -2.19. The fourth-order valence-corrected chi connectivity index (χ4v) is 1.59. The Morgan fingerprint density at radius 2 is 1.87 bits per heavy atom. The van der Waals surface area contributed by atoms with Gasteiger partial charge in [-0.2, -0.15) is 0 Å². The molecule has 0 spiro atoms. The number of unbranched alkanes of at least 4 members (excludes halogenated alkanes) is 3. The van der Waals surface area contributed by atoms with Crippen LogP contribution in [0.25, 0.3) is 0 Å². The van der Waals surface area contributed by atoms with Crippen LogP contribution < -0.4 is 5.73 Å². The maximum Gasteiger partial charge on any atom is 0.0740 e. The molecule has 0 rings (SSSR count). The van der Waals surface area contributed by atoms with E-state index in [0.29, 0.717) is 11.6 Å². The number of hydrogen-bond donors (Lipinski definition) is 2. The van der Waals surface area contributed by atoms with Crippen LogP contribution in [0.5, 0.6) is 0 Å². The molecular formula is C11H24N2OS. The van der Waals surface area contributed by atoms with Crippen LogP contribution >= 0.6 is 12.2 Å². The molecule has 0 amide bonds. The fraction of sp³-hybridized carbons (Fsp3) is 0.909. The summed E-state index contributed by atoms with van der Waals surface area (Å²) in [6.45, 7) is 5.63. The minimum absolute atomic E-state index is 0.318. The van der Waals surface area contributed by atoms with Gasteiger partial charge in [-0.05, 0) is 25.9 Å². The summed E-state index contributed by atoms with van der Waals surface area (Å²) in [6, 6.07) is 0. The van der Waals surface area contributed by atoms with Crippen molar-refractivity contribution in [2.75, 3.05) is 26.2 Å². The summed E-state index contributed by atoms with van der Waals surface area (Å²) in [7, 11) is 0. The highest BCUT2D eigenvalue weighted by molar-refractivity contribution is 7.80. The molecule has 3 nitrogen and oxygen atoms in total. The first-order valence-electron chi connectivity index (χ1n) is 5.82. The Morgan fingerprint density at radius 1 is 1.20 bits per heavy atom. The van der Waals surface area contributed by atoms with Gasteiger partial charge >= 0.3 is 0 Å². The van der Waals surface area contributed by atoms with Gasteiger partial charge in [0, 0.05) is 19.6 Å². The van der Waals surface area contributed by atoms with Gasteiger partial charge < -0.3 is 15.7 Å². The van der Waals surface area contributed by atoms with Gasteiger partial charge in [0.2, 0.25) is 0 Å². The van der Waals surface area contributed by atoms with Crippen molar-refractivity contribution < 1.29 is 5.11 Å². The normalized spacial score (nSPS) is 10.9. The van der Waals surface area contributed by atoms with Crippen LogP contribution in [0.2, 0.25) is 0 Å². The van der Waals surface area contributed by atoms with Crippen molar-refractivity contribution in [3.05, 3.63) is 0 Å². The molecule has 0 radical (unpaired) electrons. The van der Waals surface area contributed by atoms with Gasteiger partial charge in [-0.3, -0.25) is 0 Å². The monoisotopic (exact) mass is 232 g/mol. The molecule has 15 heavy (non-hydrogen) atoms. The molecule has 0 saturated carbocycles. The number of nitrogens with zero attached hydrogens (tertiary/aromatic N) is 1. The van der Waals surface area contributed by atoms with Crippen molar-refractivity contribution in [3.8, 4) is 0 Å². The summed E-state index contributed by atoms with van der Waals surface area (Å²) in [4.78, 5) is 2.98. The van der Waals surface area contributed by atoms with E-state index in [9.17, 15) is 0 Å². The van der Waals surface area contributed by atoms with Gasteiger partial charge in [-0.25, -0.2) is 0 Å². The Balaban J connectivity index is 3.40. The summed E-state index contributed by atoms with van der Waals surface area (Å²) >= 11 is 4.86. The molecule has 90 valence electrons. The average molecular weight is 232 g/mol. The smallest absolute Gasteiger partial charge is 0.0740 e. The van der Waals surface area contributed by atoms with Crippen molar-refractivity contribution in [3.63, 3.8) is 0 Å². The zero-order valence-electron chi connectivity index (χ0n) is 9.74. The first-order chi connectivity index (χ1) is 7.20. The molecular weight excluding hydrogens is 208 g/mol. The van der Waals surface area contributed by atoms with Crippen molar-refractivity contribution in [1.29, 1.82) is 0 Å². The Hall–Kier alpha value is -0.190. The third-order valence-electron chi connectivity index (χ3n) is 2.50. The van der Waals surface area contributed by atoms with Crippen LogP contribution in [0.1, 0.15) is 39.0 Å². The number of aliphatic hydroxyl groups is 1. The number of hydrogen-bond acceptors (Lipinski definition) is 3. The lowest BCUT2D eigenvalue weighted by atomic mass is 10.2. The summed E-state index contributed by atoms with van der Waals surface area (Å²) < 4.78 is 0. The molecule has 4 heteroatoms. The topological polar surface area (TPSA) is 49.5 Å². The minimum atomic E-state index is 0.318. The maximum atomic E-state index is 8.63. The van der Waals surface area contributed by atoms with E-state index in [0.717, 1.165) is 38.9 Å². The van der Waals surface area contributed by atoms with Gasteiger partial charge in [0.05, 0.1) is 4.99 Å². The average Bonchev–Trinajstić information content (AvgIpc) is 2.22. The molecule has 0 aliphatic heterocycles. The highest BCUT2D eigenvalue weighted by Gasteiger charge is 2.02. The number of thiocarbonyl (C=S) groups is 1. The van der Waals surface area contributed by atoms with E-state index in [-0.39, 0.29) is 0 Å². The second-order valence-electron chi connectivity index (χ2n) is 3.79. The molecule has 0 aromatic heterocycles. The predicted octanol–water partition coefficient (Wildman–Crippen LogP) is 1.54. The van der Waals surface area contributed by atoms with Crippen LogP contribution in [-0.4, -0.2) is 41.2 Å². The van der Waals surface area contributed by atoms with Gasteiger partial charge in [-0.1, -0.05) is 32.0 Å². The third-order valence-corrected chi connectivity index (χ3v) is 2.71. The van der Waals surface area contributed by atoms with Crippen LogP contribution in [0, 0.1) is 0 Å². The zero-order valence-corrected chi connectivity index (χ0v) is 10.6. The molecule has 3 N–H and O–H groups in total. The van der Waals surface area contributed by atoms with Gasteiger partial charge in [-0.15, -0.1) is 0 Å². The number of rotatable bonds is 10. The Bertz CT molecular complexity index is 165. The van der Waals surface area contributed by atoms with E-state index in [1.165, 1.54) is 12.8 Å². The lowest BCUT2D eigenvalue weighted by molar-refractivity contribution is 0.271. The largest absolute Gasteiger partial charge is 0.396 e. The summed E-state index contributed by atoms with van der Waals surface area (Å²) in [6.07, 6.45) is 5.28. The summed E-state index contributed by atoms with van der Waals surface area (Å²) in [5.41, 5.74) is 5.47. The molecule has 0 aromatic carbocycles. The Morgan fingerprint density at radius 3 is 2.40 bits per heavy atom. The quantitative estimate of drug-likeness (QED) is 0.443. The van der Waals surface area contributed by atoms with E-state index in [2.05, 4.69) is 11.8 Å². The van der Waals surface area contributed by atoms with Crippen molar-refractivity contribution >= 4 is 17.2 Å². The first kappa shape index (κ1) is 14.8. The molecule has 0 fully saturated rings. The lowest BCUT2D eigenvalue weighted by Crippen LogP contribution is -2.28. The summed E-state index contributed by atoms with van der Waals surface area (Å²) in [5, 5.41) is 8.63. The molecule has 0 aliphatic carbocycles. The number of aliphatic hydroxyl groups excluding tert-OH is 1. The molecule has 0 bridgehead atoms. The Labute approximate surface area is 98.6 Å². The van der Waals surface area contributed by atoms with E-state index < -0.39 is 0 Å². The van der Waals surface area contributed by atoms with Crippen LogP contribution in [0.4, 0.5) is 0 Å². The van der Waals surface area contributed by atoms with Crippen LogP contribution in [0.15, 0.2) is 0 Å². The van der Waals surface area contributed by atoms with Crippen LogP contribution in [-0.2, 0) is 0 Å². The van der Waals surface area contributed by atoms with Crippen LogP contribution in [0.3, 0.4) is 0 Å². The molecule has 0 atom stereocenters. The SMILES string of the molecule is CCN(CCCCCCO)CCC(N)=S. The zero-order chi connectivity index (χ0) is 11.5. The predicted molar refractivity (Wildman–Crippen MR) is 69.1 cm³/mol. The fourth-order valence-electron chi connectivity index (χ4n) is 1.50. The van der Waals surface area contributed by atoms with Gasteiger partial charge in [0.1, 0.15) is 0 Å². The molecule has 0 saturated heterocycles. The first-order valence-corrected chi connectivity index (χ1v) is 6.23. The summed E-state index contributed by atoms with van der Waals surface area (Å²) in [5.74, 6) is 0. The third kappa shape index (κ3) is 10.1. The highest BCUT2D eigenvalue weighted by atomic mass is 32.1. The highest BCUT2D eigenvalue weighted by Crippen LogP contribution is 2.02. The van der Waals surface area contributed by atoms with Crippen molar-refractivity contribution in [2.24, 2.45) is 5.73 Å². The van der Waals surface area contributed by atoms with Gasteiger partial charge in [0.25, 0.3) is 0 Å². The van der Waals surface area contributed by atoms with E-state index in [1.807, 2.05) is 0 Å². The second-order valence-corrected chi connectivity index (χ2v) is 4.31. The number of nitrogens with two attached hydrogens (primary N) is 1.